The predicted molar refractivity (Wildman–Crippen MR) is 97.9 cm³/mol. The maximum atomic E-state index is 12.8. The molecule has 2 heterocycles. The fourth-order valence-corrected chi connectivity index (χ4v) is 4.94. The zero-order valence-electron chi connectivity index (χ0n) is 14.3. The molecule has 0 saturated heterocycles. The largest absolute Gasteiger partial charge is 0.491 e. The summed E-state index contributed by atoms with van der Waals surface area (Å²) >= 11 is 0. The van der Waals surface area contributed by atoms with Gasteiger partial charge in [-0.15, -0.1) is 0 Å². The van der Waals surface area contributed by atoms with Gasteiger partial charge in [0, 0.05) is 19.2 Å². The lowest BCUT2D eigenvalue weighted by atomic mass is 9.79. The number of carbonyl (C=O) groups excluding carboxylic acids is 1. The van der Waals surface area contributed by atoms with Gasteiger partial charge in [-0.1, -0.05) is 18.2 Å². The Labute approximate surface area is 152 Å². The quantitative estimate of drug-likeness (QED) is 0.807. The Morgan fingerprint density at radius 1 is 1.23 bits per heavy atom. The number of anilines is 1. The number of hydrogen-bond donors (Lipinski definition) is 1. The molecule has 0 spiro atoms. The molecule has 0 bridgehead atoms. The van der Waals surface area contributed by atoms with Crippen molar-refractivity contribution in [3.8, 4) is 0 Å². The molecule has 26 heavy (non-hydrogen) atoms. The van der Waals surface area contributed by atoms with Crippen LogP contribution in [-0.4, -0.2) is 33.0 Å². The van der Waals surface area contributed by atoms with Crippen LogP contribution in [0.15, 0.2) is 41.3 Å². The molecule has 0 aromatic heterocycles. The minimum atomic E-state index is -3.53. The van der Waals surface area contributed by atoms with Crippen LogP contribution < -0.4 is 10.4 Å². The van der Waals surface area contributed by atoms with Gasteiger partial charge >= 0.3 is 7.12 Å². The molecular weight excluding hydrogens is 353 g/mol. The molecule has 134 valence electrons. The molecule has 0 unspecified atom stereocenters. The van der Waals surface area contributed by atoms with Crippen LogP contribution in [0.25, 0.3) is 0 Å². The molecule has 0 atom stereocenters. The average molecular weight is 371 g/mol. The van der Waals surface area contributed by atoms with E-state index in [1.807, 2.05) is 0 Å². The molecule has 1 N–H and O–H groups in total. The fourth-order valence-electron chi connectivity index (χ4n) is 3.56. The van der Waals surface area contributed by atoms with E-state index >= 15 is 0 Å². The van der Waals surface area contributed by atoms with E-state index in [9.17, 15) is 18.2 Å². The second kappa shape index (κ2) is 6.23. The zero-order valence-corrected chi connectivity index (χ0v) is 15.1. The van der Waals surface area contributed by atoms with Gasteiger partial charge in [0.25, 0.3) is 0 Å². The highest BCUT2D eigenvalue weighted by molar-refractivity contribution is 7.90. The molecule has 0 aliphatic carbocycles. The van der Waals surface area contributed by atoms with Crippen molar-refractivity contribution in [1.82, 2.24) is 0 Å². The summed E-state index contributed by atoms with van der Waals surface area (Å²) in [5.74, 6) is -0.194. The molecule has 8 heteroatoms. The molecule has 0 radical (unpaired) electrons. The summed E-state index contributed by atoms with van der Waals surface area (Å²) in [6.07, 6.45) is 0.653. The van der Waals surface area contributed by atoms with E-state index in [1.165, 1.54) is 6.92 Å². The van der Waals surface area contributed by atoms with E-state index in [0.29, 0.717) is 30.6 Å². The first-order valence-corrected chi connectivity index (χ1v) is 10.1. The molecular formula is C18H18BNO5S. The van der Waals surface area contributed by atoms with Gasteiger partial charge < -0.3 is 14.6 Å². The highest BCUT2D eigenvalue weighted by atomic mass is 32.2. The van der Waals surface area contributed by atoms with E-state index in [1.54, 1.807) is 41.3 Å². The summed E-state index contributed by atoms with van der Waals surface area (Å²) in [4.78, 5) is 13.5. The lowest BCUT2D eigenvalue weighted by Crippen LogP contribution is -2.28. The maximum absolute atomic E-state index is 12.8. The van der Waals surface area contributed by atoms with Gasteiger partial charge in [0.1, 0.15) is 0 Å². The molecule has 0 fully saturated rings. The minimum absolute atomic E-state index is 0.0433. The second-order valence-corrected chi connectivity index (χ2v) is 8.66. The van der Waals surface area contributed by atoms with Gasteiger partial charge in [-0.25, -0.2) is 8.42 Å². The van der Waals surface area contributed by atoms with Gasteiger partial charge in [0.2, 0.25) is 5.91 Å². The Kier molecular flexibility index (Phi) is 4.14. The molecule has 2 aromatic carbocycles. The van der Waals surface area contributed by atoms with E-state index in [0.717, 1.165) is 16.8 Å². The van der Waals surface area contributed by atoms with Crippen LogP contribution in [0.4, 0.5) is 5.69 Å². The Morgan fingerprint density at radius 3 is 2.81 bits per heavy atom. The van der Waals surface area contributed by atoms with Crippen LogP contribution in [0.1, 0.15) is 23.6 Å². The number of nitrogens with zero attached hydrogens (tertiary/aromatic N) is 1. The zero-order chi connectivity index (χ0) is 18.5. The van der Waals surface area contributed by atoms with Gasteiger partial charge in [0.05, 0.1) is 17.3 Å². The number of benzene rings is 2. The van der Waals surface area contributed by atoms with Gasteiger partial charge in [0.15, 0.2) is 9.84 Å². The van der Waals surface area contributed by atoms with Crippen LogP contribution in [0.5, 0.6) is 0 Å². The first-order valence-electron chi connectivity index (χ1n) is 8.40. The molecule has 1 amide bonds. The van der Waals surface area contributed by atoms with Crippen molar-refractivity contribution < 1.29 is 22.9 Å². The molecule has 2 aromatic rings. The number of amides is 1. The summed E-state index contributed by atoms with van der Waals surface area (Å²) in [5, 5.41) is 9.79. The van der Waals surface area contributed by atoms with Crippen LogP contribution in [0.3, 0.4) is 0 Å². The Bertz CT molecular complexity index is 1000. The van der Waals surface area contributed by atoms with Crippen molar-refractivity contribution in [3.05, 3.63) is 53.1 Å². The third kappa shape index (κ3) is 2.94. The molecule has 2 aliphatic heterocycles. The maximum Gasteiger partial charge on any atom is 0.491 e. The summed E-state index contributed by atoms with van der Waals surface area (Å²) in [7, 11) is -4.53. The third-order valence-electron chi connectivity index (χ3n) is 4.92. The topological polar surface area (TPSA) is 83.9 Å². The SMILES string of the molecule is CC(=O)N1CCc2cc(S(=O)(=O)Cc3ccc4c(c3)B(O)OC4)ccc21. The van der Waals surface area contributed by atoms with Crippen molar-refractivity contribution in [1.29, 1.82) is 0 Å². The monoisotopic (exact) mass is 371 g/mol. The highest BCUT2D eigenvalue weighted by Gasteiger charge is 2.29. The minimum Gasteiger partial charge on any atom is -0.423 e. The van der Waals surface area contributed by atoms with Crippen molar-refractivity contribution in [2.24, 2.45) is 0 Å². The predicted octanol–water partition coefficient (Wildman–Crippen LogP) is 0.787. The summed E-state index contributed by atoms with van der Waals surface area (Å²) in [6.45, 7) is 2.42. The lowest BCUT2D eigenvalue weighted by molar-refractivity contribution is -0.116. The number of hydrogen-bond acceptors (Lipinski definition) is 5. The van der Waals surface area contributed by atoms with E-state index < -0.39 is 17.0 Å². The smallest absolute Gasteiger partial charge is 0.423 e. The van der Waals surface area contributed by atoms with Crippen LogP contribution in [-0.2, 0) is 38.1 Å². The van der Waals surface area contributed by atoms with Crippen molar-refractivity contribution in [2.45, 2.75) is 30.6 Å². The standard InChI is InChI=1S/C18H18BNO5S/c1-12(21)20-7-6-14-9-16(4-5-18(14)20)26(23,24)11-13-2-3-15-10-25-19(22)17(15)8-13/h2-5,8-9,22H,6-7,10-11H2,1H3. The lowest BCUT2D eigenvalue weighted by Gasteiger charge is -2.15. The Hall–Kier alpha value is -2.16. The van der Waals surface area contributed by atoms with Gasteiger partial charge in [-0.3, -0.25) is 4.79 Å². The summed E-state index contributed by atoms with van der Waals surface area (Å²) in [5.41, 5.74) is 3.77. The number of rotatable bonds is 3. The number of fused-ring (bicyclic) bond motifs is 2. The summed E-state index contributed by atoms with van der Waals surface area (Å²) < 4.78 is 30.8. The fraction of sp³-hybridized carbons (Fsp3) is 0.278. The first kappa shape index (κ1) is 17.3. The molecule has 0 saturated carbocycles. The van der Waals surface area contributed by atoms with Crippen molar-refractivity contribution >= 4 is 34.0 Å². The summed E-state index contributed by atoms with van der Waals surface area (Å²) in [6, 6.07) is 10.2. The third-order valence-corrected chi connectivity index (χ3v) is 6.60. The Balaban J connectivity index is 1.62. The molecule has 6 nitrogen and oxygen atoms in total. The van der Waals surface area contributed by atoms with Gasteiger partial charge in [-0.05, 0) is 46.8 Å². The van der Waals surface area contributed by atoms with Gasteiger partial charge in [-0.2, -0.15) is 0 Å². The first-order chi connectivity index (χ1) is 12.3. The molecule has 4 rings (SSSR count). The van der Waals surface area contributed by atoms with E-state index in [-0.39, 0.29) is 16.6 Å². The molecule has 2 aliphatic rings. The highest BCUT2D eigenvalue weighted by Crippen LogP contribution is 2.31. The van der Waals surface area contributed by atoms with Crippen molar-refractivity contribution in [3.63, 3.8) is 0 Å². The van der Waals surface area contributed by atoms with Crippen LogP contribution >= 0.6 is 0 Å². The van der Waals surface area contributed by atoms with Crippen molar-refractivity contribution in [2.75, 3.05) is 11.4 Å². The Morgan fingerprint density at radius 2 is 2.04 bits per heavy atom. The number of sulfone groups is 1. The second-order valence-electron chi connectivity index (χ2n) is 6.67. The van der Waals surface area contributed by atoms with Crippen LogP contribution in [0, 0.1) is 0 Å². The number of carbonyl (C=O) groups is 1. The van der Waals surface area contributed by atoms with Crippen LogP contribution in [0.2, 0.25) is 0 Å². The van der Waals surface area contributed by atoms with E-state index in [2.05, 4.69) is 0 Å². The normalized spacial score (nSPS) is 15.9. The average Bonchev–Trinajstić information content (AvgIpc) is 3.18. The van der Waals surface area contributed by atoms with E-state index in [4.69, 9.17) is 4.65 Å².